The van der Waals surface area contributed by atoms with Crippen molar-refractivity contribution >= 4 is 34.4 Å². The molecule has 0 saturated heterocycles. The number of nitrogens with one attached hydrogen (secondary N) is 1. The van der Waals surface area contributed by atoms with E-state index in [-0.39, 0.29) is 11.5 Å². The third kappa shape index (κ3) is 3.62. The van der Waals surface area contributed by atoms with E-state index in [4.69, 9.17) is 11.6 Å². The number of carbonyl (C=O) groups is 1. The van der Waals surface area contributed by atoms with Gasteiger partial charge in [-0.15, -0.1) is 0 Å². The second-order valence-corrected chi connectivity index (χ2v) is 7.10. The van der Waals surface area contributed by atoms with E-state index in [1.165, 1.54) is 4.57 Å². The Morgan fingerprint density at radius 3 is 2.59 bits per heavy atom. The highest BCUT2D eigenvalue weighted by molar-refractivity contribution is 6.30. The van der Waals surface area contributed by atoms with Gasteiger partial charge in [-0.25, -0.2) is 9.97 Å². The van der Waals surface area contributed by atoms with Crippen molar-refractivity contribution in [2.45, 2.75) is 6.92 Å². The topological polar surface area (TPSA) is 76.9 Å². The van der Waals surface area contributed by atoms with Crippen LogP contribution in [0.1, 0.15) is 15.9 Å². The summed E-state index contributed by atoms with van der Waals surface area (Å²) in [6.45, 7) is 1.88. The van der Waals surface area contributed by atoms with Crippen molar-refractivity contribution in [2.24, 2.45) is 7.05 Å². The molecule has 0 aliphatic carbocycles. The van der Waals surface area contributed by atoms with Gasteiger partial charge in [0.1, 0.15) is 11.2 Å². The van der Waals surface area contributed by atoms with Gasteiger partial charge < -0.3 is 5.32 Å². The minimum absolute atomic E-state index is 0.245. The highest BCUT2D eigenvalue weighted by Gasteiger charge is 2.13. The molecule has 0 radical (unpaired) electrons. The maximum Gasteiger partial charge on any atom is 0.278 e. The molecule has 0 spiro atoms. The Morgan fingerprint density at radius 2 is 1.86 bits per heavy atom. The van der Waals surface area contributed by atoms with Gasteiger partial charge in [0.15, 0.2) is 5.65 Å². The largest absolute Gasteiger partial charge is 0.322 e. The fourth-order valence-electron chi connectivity index (χ4n) is 3.09. The van der Waals surface area contributed by atoms with Crippen LogP contribution >= 0.6 is 11.6 Å². The molecule has 29 heavy (non-hydrogen) atoms. The van der Waals surface area contributed by atoms with Gasteiger partial charge in [-0.2, -0.15) is 0 Å². The predicted molar refractivity (Wildman–Crippen MR) is 114 cm³/mol. The lowest BCUT2D eigenvalue weighted by Gasteiger charge is -2.10. The van der Waals surface area contributed by atoms with E-state index in [2.05, 4.69) is 15.3 Å². The van der Waals surface area contributed by atoms with Crippen LogP contribution in [-0.2, 0) is 7.05 Å². The van der Waals surface area contributed by atoms with Crippen molar-refractivity contribution in [3.63, 3.8) is 0 Å². The fourth-order valence-corrected chi connectivity index (χ4v) is 3.31. The highest BCUT2D eigenvalue weighted by atomic mass is 35.5. The lowest BCUT2D eigenvalue weighted by atomic mass is 10.1. The molecule has 2 heterocycles. The van der Waals surface area contributed by atoms with Crippen LogP contribution in [0, 0.1) is 6.92 Å². The number of carbonyl (C=O) groups excluding carboxylic acids is 1. The van der Waals surface area contributed by atoms with Crippen LogP contribution in [0.4, 0.5) is 5.69 Å². The maximum absolute atomic E-state index is 12.7. The minimum atomic E-state index is -0.245. The van der Waals surface area contributed by atoms with E-state index >= 15 is 0 Å². The molecule has 0 bridgehead atoms. The van der Waals surface area contributed by atoms with Crippen molar-refractivity contribution in [2.75, 3.05) is 5.32 Å². The average molecular weight is 405 g/mol. The lowest BCUT2D eigenvalue weighted by Crippen LogP contribution is -2.21. The van der Waals surface area contributed by atoms with Crippen molar-refractivity contribution < 1.29 is 4.79 Å². The van der Waals surface area contributed by atoms with Crippen LogP contribution < -0.4 is 10.9 Å². The fraction of sp³-hybridized carbons (Fsp3) is 0.0909. The Kier molecular flexibility index (Phi) is 4.86. The van der Waals surface area contributed by atoms with Crippen LogP contribution in [0.15, 0.2) is 65.6 Å². The molecule has 4 aromatic rings. The number of pyridine rings is 1. The Hall–Kier alpha value is -3.51. The third-order valence-electron chi connectivity index (χ3n) is 4.68. The number of aromatic nitrogens is 3. The van der Waals surface area contributed by atoms with Crippen LogP contribution in [0.5, 0.6) is 0 Å². The molecule has 2 aromatic heterocycles. The maximum atomic E-state index is 12.7. The monoisotopic (exact) mass is 404 g/mol. The molecular formula is C22H17ClN4O2. The quantitative estimate of drug-likeness (QED) is 0.555. The summed E-state index contributed by atoms with van der Waals surface area (Å²) in [5.74, 6) is -0.245. The van der Waals surface area contributed by atoms with E-state index in [9.17, 15) is 9.59 Å². The molecule has 0 fully saturated rings. The summed E-state index contributed by atoms with van der Waals surface area (Å²) >= 11 is 5.96. The number of benzene rings is 2. The zero-order valence-corrected chi connectivity index (χ0v) is 16.6. The number of hydrogen-bond acceptors (Lipinski definition) is 4. The van der Waals surface area contributed by atoms with Gasteiger partial charge in [0.2, 0.25) is 0 Å². The van der Waals surface area contributed by atoms with Gasteiger partial charge in [-0.05, 0) is 55.0 Å². The van der Waals surface area contributed by atoms with Crippen LogP contribution in [0.3, 0.4) is 0 Å². The van der Waals surface area contributed by atoms with Crippen molar-refractivity contribution in [1.82, 2.24) is 14.5 Å². The molecule has 1 N–H and O–H groups in total. The number of rotatable bonds is 3. The first-order chi connectivity index (χ1) is 13.9. The standard InChI is InChI=1S/C22H17ClN4O2/c1-13-12-16(23)9-10-17(13)26-21(28)15-7-5-14(6-8-15)19-22(29)27(2)20-18(25-19)4-3-11-24-20/h3-12H,1-2H3,(H,26,28). The number of hydrogen-bond donors (Lipinski definition) is 1. The molecule has 2 aromatic carbocycles. The molecule has 1 amide bonds. The number of anilines is 1. The lowest BCUT2D eigenvalue weighted by molar-refractivity contribution is 0.102. The summed E-state index contributed by atoms with van der Waals surface area (Å²) < 4.78 is 1.47. The first-order valence-electron chi connectivity index (χ1n) is 8.94. The molecule has 6 nitrogen and oxygen atoms in total. The minimum Gasteiger partial charge on any atom is -0.322 e. The van der Waals surface area contributed by atoms with Crippen LogP contribution in [0.25, 0.3) is 22.4 Å². The van der Waals surface area contributed by atoms with Crippen LogP contribution in [-0.4, -0.2) is 20.4 Å². The molecule has 4 rings (SSSR count). The number of fused-ring (bicyclic) bond motifs is 1. The predicted octanol–water partition coefficient (Wildman–Crippen LogP) is 4.21. The SMILES string of the molecule is Cc1cc(Cl)ccc1NC(=O)c1ccc(-c2nc3cccnc3n(C)c2=O)cc1. The van der Waals surface area contributed by atoms with Crippen molar-refractivity contribution in [3.8, 4) is 11.3 Å². The van der Waals surface area contributed by atoms with E-state index in [1.54, 1.807) is 61.8 Å². The normalized spacial score (nSPS) is 10.9. The molecule has 144 valence electrons. The summed E-state index contributed by atoms with van der Waals surface area (Å²) in [6, 6.07) is 15.6. The van der Waals surface area contributed by atoms with Gasteiger partial charge in [-0.1, -0.05) is 23.7 Å². The summed E-state index contributed by atoms with van der Waals surface area (Å²) in [7, 11) is 1.67. The number of nitrogens with zero attached hydrogens (tertiary/aromatic N) is 3. The average Bonchev–Trinajstić information content (AvgIpc) is 2.73. The van der Waals surface area contributed by atoms with E-state index < -0.39 is 0 Å². The van der Waals surface area contributed by atoms with E-state index in [0.29, 0.717) is 38.7 Å². The van der Waals surface area contributed by atoms with E-state index in [1.807, 2.05) is 13.0 Å². The van der Waals surface area contributed by atoms with Gasteiger partial charge in [0, 0.05) is 35.1 Å². The molecule has 0 aliphatic rings. The molecule has 7 heteroatoms. The molecule has 0 aliphatic heterocycles. The van der Waals surface area contributed by atoms with Gasteiger partial charge in [0.25, 0.3) is 11.5 Å². The summed E-state index contributed by atoms with van der Waals surface area (Å²) in [5.41, 5.74) is 3.90. The first kappa shape index (κ1) is 18.8. The van der Waals surface area contributed by atoms with Gasteiger partial charge >= 0.3 is 0 Å². The third-order valence-corrected chi connectivity index (χ3v) is 4.92. The Labute approximate surface area is 171 Å². The zero-order chi connectivity index (χ0) is 20.5. The van der Waals surface area contributed by atoms with Crippen LogP contribution in [0.2, 0.25) is 5.02 Å². The highest BCUT2D eigenvalue weighted by Crippen LogP contribution is 2.21. The number of amides is 1. The Balaban J connectivity index is 1.64. The van der Waals surface area contributed by atoms with E-state index in [0.717, 1.165) is 5.56 Å². The smallest absolute Gasteiger partial charge is 0.278 e. The Bertz CT molecular complexity index is 1300. The number of aryl methyl sites for hydroxylation is 2. The van der Waals surface area contributed by atoms with Crippen molar-refractivity contribution in [1.29, 1.82) is 0 Å². The van der Waals surface area contributed by atoms with Gasteiger partial charge in [-0.3, -0.25) is 14.2 Å². The number of halogens is 1. The first-order valence-corrected chi connectivity index (χ1v) is 9.31. The summed E-state index contributed by atoms with van der Waals surface area (Å²) in [6.07, 6.45) is 1.62. The second-order valence-electron chi connectivity index (χ2n) is 6.66. The van der Waals surface area contributed by atoms with Crippen molar-refractivity contribution in [3.05, 3.63) is 87.3 Å². The molecular weight excluding hydrogens is 388 g/mol. The summed E-state index contributed by atoms with van der Waals surface area (Å²) in [5, 5.41) is 3.49. The zero-order valence-electron chi connectivity index (χ0n) is 15.8. The molecule has 0 saturated carbocycles. The molecule has 0 unspecified atom stereocenters. The summed E-state index contributed by atoms with van der Waals surface area (Å²) in [4.78, 5) is 33.9. The van der Waals surface area contributed by atoms with Gasteiger partial charge in [0.05, 0.1) is 0 Å². The Morgan fingerprint density at radius 1 is 1.10 bits per heavy atom. The second kappa shape index (κ2) is 7.48. The molecule has 0 atom stereocenters.